The Kier molecular flexibility index (Phi) is 4.91. The highest BCUT2D eigenvalue weighted by atomic mass is 35.5. The molecule has 2 rings (SSSR count). The van der Waals surface area contributed by atoms with Crippen molar-refractivity contribution in [1.82, 2.24) is 4.31 Å². The fourth-order valence-corrected chi connectivity index (χ4v) is 3.82. The van der Waals surface area contributed by atoms with E-state index in [1.807, 2.05) is 0 Å². The first-order valence-corrected chi connectivity index (χ1v) is 8.66. The van der Waals surface area contributed by atoms with Gasteiger partial charge in [-0.05, 0) is 13.0 Å². The van der Waals surface area contributed by atoms with Crippen molar-refractivity contribution in [2.75, 3.05) is 20.7 Å². The molecule has 9 heteroatoms. The fourth-order valence-electron chi connectivity index (χ4n) is 2.05. The number of carbonyl (C=O) groups is 1. The van der Waals surface area contributed by atoms with Gasteiger partial charge in [0.1, 0.15) is 15.7 Å². The highest BCUT2D eigenvalue weighted by Crippen LogP contribution is 2.44. The normalized spacial score (nSPS) is 17.3. The van der Waals surface area contributed by atoms with Gasteiger partial charge in [0.2, 0.25) is 10.0 Å². The highest BCUT2D eigenvalue weighted by molar-refractivity contribution is 7.89. The molecule has 1 aromatic carbocycles. The third-order valence-electron chi connectivity index (χ3n) is 3.18. The Labute approximate surface area is 138 Å². The van der Waals surface area contributed by atoms with Crippen LogP contribution in [0, 0.1) is 0 Å². The number of carbonyl (C=O) groups excluding carboxylic acids is 1. The van der Waals surface area contributed by atoms with E-state index in [2.05, 4.69) is 0 Å². The van der Waals surface area contributed by atoms with Gasteiger partial charge in [0.15, 0.2) is 6.10 Å². The summed E-state index contributed by atoms with van der Waals surface area (Å²) in [6.45, 7) is 1.91. The molecule has 0 bridgehead atoms. The molecule has 1 aromatic rings. The van der Waals surface area contributed by atoms with Crippen molar-refractivity contribution in [2.24, 2.45) is 0 Å². The topological polar surface area (TPSA) is 72.9 Å². The van der Waals surface area contributed by atoms with Gasteiger partial charge in [0, 0.05) is 26.1 Å². The molecule has 0 amide bonds. The van der Waals surface area contributed by atoms with Gasteiger partial charge in [-0.15, -0.1) is 0 Å². The van der Waals surface area contributed by atoms with Crippen LogP contribution in [-0.4, -0.2) is 45.5 Å². The zero-order valence-corrected chi connectivity index (χ0v) is 14.5. The molecule has 6 nitrogen and oxygen atoms in total. The van der Waals surface area contributed by atoms with E-state index in [0.717, 1.165) is 4.31 Å². The van der Waals surface area contributed by atoms with Gasteiger partial charge >= 0.3 is 5.97 Å². The summed E-state index contributed by atoms with van der Waals surface area (Å²) in [5, 5.41) is -0.148. The van der Waals surface area contributed by atoms with E-state index < -0.39 is 22.1 Å². The summed E-state index contributed by atoms with van der Waals surface area (Å²) in [5.74, 6) is -0.301. The first-order valence-electron chi connectivity index (χ1n) is 6.46. The molecule has 0 aromatic heterocycles. The molecule has 1 aliphatic heterocycles. The number of ether oxygens (including phenoxy) is 2. The second-order valence-corrected chi connectivity index (χ2v) is 7.72. The van der Waals surface area contributed by atoms with Crippen molar-refractivity contribution in [3.05, 3.63) is 21.7 Å². The van der Waals surface area contributed by atoms with Crippen molar-refractivity contribution in [3.63, 3.8) is 0 Å². The number of hydrogen-bond acceptors (Lipinski definition) is 5. The maximum Gasteiger partial charge on any atom is 0.347 e. The number of halogens is 2. The van der Waals surface area contributed by atoms with E-state index in [1.54, 1.807) is 6.92 Å². The number of fused-ring (bicyclic) bond motifs is 1. The van der Waals surface area contributed by atoms with E-state index in [-0.39, 0.29) is 33.7 Å². The van der Waals surface area contributed by atoms with Gasteiger partial charge in [0.05, 0.1) is 11.6 Å². The Hall–Kier alpha value is -1.02. The molecule has 0 spiro atoms. The number of sulfonamides is 1. The first-order chi connectivity index (χ1) is 10.2. The molecule has 0 saturated heterocycles. The number of esters is 1. The molecule has 0 aliphatic carbocycles. The van der Waals surface area contributed by atoms with E-state index >= 15 is 0 Å². The summed E-state index contributed by atoms with van der Waals surface area (Å²) in [5.41, 5.74) is 0.507. The maximum absolute atomic E-state index is 12.3. The van der Waals surface area contributed by atoms with Crippen LogP contribution in [0.5, 0.6) is 5.75 Å². The molecule has 22 heavy (non-hydrogen) atoms. The maximum atomic E-state index is 12.3. The molecule has 0 fully saturated rings. The minimum atomic E-state index is -3.75. The van der Waals surface area contributed by atoms with Crippen molar-refractivity contribution < 1.29 is 22.7 Å². The Balaban J connectivity index is 2.47. The molecular weight excluding hydrogens is 353 g/mol. The van der Waals surface area contributed by atoms with E-state index in [4.69, 9.17) is 32.7 Å². The SMILES string of the molecule is CCOC(=O)C1Cc2cc(S(=O)(=O)N(C)C)c(Cl)c(Cl)c2O1. The Morgan fingerprint density at radius 2 is 2.05 bits per heavy atom. The summed E-state index contributed by atoms with van der Waals surface area (Å²) >= 11 is 12.2. The second kappa shape index (κ2) is 6.23. The van der Waals surface area contributed by atoms with Crippen molar-refractivity contribution in [1.29, 1.82) is 0 Å². The van der Waals surface area contributed by atoms with Gasteiger partial charge in [-0.1, -0.05) is 23.2 Å². The lowest BCUT2D eigenvalue weighted by molar-refractivity contribution is -0.150. The quantitative estimate of drug-likeness (QED) is 0.762. The standard InChI is InChI=1S/C13H15Cl2NO5S/c1-4-20-13(17)8-5-7-6-9(22(18,19)16(2)3)10(14)11(15)12(7)21-8/h6,8H,4-5H2,1-3H3. The fraction of sp³-hybridized carbons (Fsp3) is 0.462. The van der Waals surface area contributed by atoms with Crippen molar-refractivity contribution in [2.45, 2.75) is 24.3 Å². The minimum absolute atomic E-state index is 0.0219. The molecule has 1 heterocycles. The van der Waals surface area contributed by atoms with Gasteiger partial charge < -0.3 is 9.47 Å². The van der Waals surface area contributed by atoms with E-state index in [9.17, 15) is 13.2 Å². The van der Waals surface area contributed by atoms with Crippen LogP contribution in [0.2, 0.25) is 10.0 Å². The summed E-state index contributed by atoms with van der Waals surface area (Å²) < 4.78 is 35.9. The summed E-state index contributed by atoms with van der Waals surface area (Å²) in [7, 11) is -0.967. The second-order valence-electron chi connectivity index (χ2n) is 4.84. The largest absolute Gasteiger partial charge is 0.476 e. The van der Waals surface area contributed by atoms with Crippen LogP contribution >= 0.6 is 23.2 Å². The van der Waals surface area contributed by atoms with Crippen molar-refractivity contribution >= 4 is 39.2 Å². The monoisotopic (exact) mass is 367 g/mol. The average Bonchev–Trinajstić information content (AvgIpc) is 2.87. The van der Waals surface area contributed by atoms with Gasteiger partial charge in [0.25, 0.3) is 0 Å². The third-order valence-corrected chi connectivity index (χ3v) is 5.98. The number of hydrogen-bond donors (Lipinski definition) is 0. The van der Waals surface area contributed by atoms with Gasteiger partial charge in [-0.25, -0.2) is 17.5 Å². The summed E-state index contributed by atoms with van der Waals surface area (Å²) in [4.78, 5) is 11.6. The van der Waals surface area contributed by atoms with Crippen LogP contribution in [0.4, 0.5) is 0 Å². The van der Waals surface area contributed by atoms with Crippen LogP contribution in [-0.2, 0) is 26.0 Å². The van der Waals surface area contributed by atoms with Gasteiger partial charge in [-0.3, -0.25) is 0 Å². The Bertz CT molecular complexity index is 718. The number of nitrogens with zero attached hydrogens (tertiary/aromatic N) is 1. The molecule has 1 aliphatic rings. The lowest BCUT2D eigenvalue weighted by Gasteiger charge is -2.15. The molecule has 1 unspecified atom stereocenters. The van der Waals surface area contributed by atoms with Crippen molar-refractivity contribution in [3.8, 4) is 5.75 Å². The average molecular weight is 368 g/mol. The molecular formula is C13H15Cl2NO5S. The van der Waals surface area contributed by atoms with Crippen LogP contribution in [0.1, 0.15) is 12.5 Å². The smallest absolute Gasteiger partial charge is 0.347 e. The molecule has 0 radical (unpaired) electrons. The van der Waals surface area contributed by atoms with E-state index in [1.165, 1.54) is 20.2 Å². The molecule has 1 atom stereocenters. The van der Waals surface area contributed by atoms with Crippen LogP contribution in [0.25, 0.3) is 0 Å². The molecule has 0 saturated carbocycles. The Morgan fingerprint density at radius 1 is 1.41 bits per heavy atom. The number of benzene rings is 1. The molecule has 0 N–H and O–H groups in total. The van der Waals surface area contributed by atoms with Crippen LogP contribution in [0.3, 0.4) is 0 Å². The predicted molar refractivity (Wildman–Crippen MR) is 82.1 cm³/mol. The summed E-state index contributed by atoms with van der Waals surface area (Å²) in [6.07, 6.45) is -0.665. The third kappa shape index (κ3) is 2.90. The zero-order chi connectivity index (χ0) is 16.7. The zero-order valence-electron chi connectivity index (χ0n) is 12.2. The lowest BCUT2D eigenvalue weighted by Crippen LogP contribution is -2.27. The first kappa shape index (κ1) is 17.3. The van der Waals surface area contributed by atoms with E-state index in [0.29, 0.717) is 5.56 Å². The summed E-state index contributed by atoms with van der Waals surface area (Å²) in [6, 6.07) is 1.39. The van der Waals surface area contributed by atoms with Crippen LogP contribution in [0.15, 0.2) is 11.0 Å². The van der Waals surface area contributed by atoms with Gasteiger partial charge in [-0.2, -0.15) is 0 Å². The number of rotatable bonds is 4. The van der Waals surface area contributed by atoms with Crippen LogP contribution < -0.4 is 4.74 Å². The Morgan fingerprint density at radius 3 is 2.59 bits per heavy atom. The molecule has 122 valence electrons. The minimum Gasteiger partial charge on any atom is -0.476 e. The lowest BCUT2D eigenvalue weighted by atomic mass is 10.1. The highest BCUT2D eigenvalue weighted by Gasteiger charge is 2.35. The predicted octanol–water partition coefficient (Wildman–Crippen LogP) is 2.11.